The van der Waals surface area contributed by atoms with Crippen LogP contribution in [0.25, 0.3) is 32.8 Å². The van der Waals surface area contributed by atoms with Crippen molar-refractivity contribution >= 4 is 21.5 Å². The number of fused-ring (bicyclic) bond motifs is 2. The van der Waals surface area contributed by atoms with Crippen LogP contribution >= 0.6 is 0 Å². The second kappa shape index (κ2) is 3.95. The van der Waals surface area contributed by atoms with Crippen LogP contribution in [0.2, 0.25) is 0 Å². The summed E-state index contributed by atoms with van der Waals surface area (Å²) in [7, 11) is 0. The zero-order valence-corrected chi connectivity index (χ0v) is 10.2. The van der Waals surface area contributed by atoms with Gasteiger partial charge >= 0.3 is 0 Å². The molecular weight excluding hydrogens is 234 g/mol. The summed E-state index contributed by atoms with van der Waals surface area (Å²) in [6, 6.07) is 21.0. The van der Waals surface area contributed by atoms with Crippen molar-refractivity contribution in [1.82, 2.24) is 5.16 Å². The van der Waals surface area contributed by atoms with Gasteiger partial charge in [-0.2, -0.15) is 0 Å². The van der Waals surface area contributed by atoms with Crippen molar-refractivity contribution in [3.8, 4) is 11.3 Å². The molecule has 0 spiro atoms. The molecule has 0 atom stereocenters. The van der Waals surface area contributed by atoms with E-state index in [-0.39, 0.29) is 0 Å². The molecule has 2 heteroatoms. The molecule has 0 unspecified atom stereocenters. The Bertz CT molecular complexity index is 863. The molecule has 0 saturated heterocycles. The highest BCUT2D eigenvalue weighted by Gasteiger charge is 2.07. The van der Waals surface area contributed by atoms with E-state index >= 15 is 0 Å². The Balaban J connectivity index is 2.12. The third-order valence-corrected chi connectivity index (χ3v) is 3.46. The third-order valence-electron chi connectivity index (χ3n) is 3.46. The standard InChI is InChI=1S/C17H11NO/c1-2-5-13-11-16-14(10-12(13)4-1)6-3-7-15(16)17-8-9-19-18-17/h1-11H. The van der Waals surface area contributed by atoms with E-state index < -0.39 is 0 Å². The fourth-order valence-corrected chi connectivity index (χ4v) is 2.54. The summed E-state index contributed by atoms with van der Waals surface area (Å²) in [5.41, 5.74) is 1.98. The summed E-state index contributed by atoms with van der Waals surface area (Å²) in [5, 5.41) is 8.97. The fourth-order valence-electron chi connectivity index (χ4n) is 2.54. The Morgan fingerprint density at radius 2 is 1.53 bits per heavy atom. The van der Waals surface area contributed by atoms with E-state index in [4.69, 9.17) is 4.52 Å². The molecule has 1 aromatic heterocycles. The van der Waals surface area contributed by atoms with Crippen LogP contribution in [-0.4, -0.2) is 5.16 Å². The van der Waals surface area contributed by atoms with Crippen LogP contribution in [0.4, 0.5) is 0 Å². The molecule has 0 aliphatic carbocycles. The quantitative estimate of drug-likeness (QED) is 0.456. The first-order chi connectivity index (χ1) is 9.42. The summed E-state index contributed by atoms with van der Waals surface area (Å²) >= 11 is 0. The van der Waals surface area contributed by atoms with Gasteiger partial charge in [-0.25, -0.2) is 0 Å². The first kappa shape index (κ1) is 10.3. The molecule has 90 valence electrons. The second-order valence-electron chi connectivity index (χ2n) is 4.61. The van der Waals surface area contributed by atoms with Crippen LogP contribution in [0.1, 0.15) is 0 Å². The van der Waals surface area contributed by atoms with Gasteiger partial charge in [-0.1, -0.05) is 47.6 Å². The monoisotopic (exact) mass is 245 g/mol. The van der Waals surface area contributed by atoms with Crippen molar-refractivity contribution in [3.63, 3.8) is 0 Å². The molecule has 4 aromatic rings. The molecule has 2 nitrogen and oxygen atoms in total. The molecule has 19 heavy (non-hydrogen) atoms. The van der Waals surface area contributed by atoms with Crippen molar-refractivity contribution in [2.45, 2.75) is 0 Å². The van der Waals surface area contributed by atoms with E-state index in [0.717, 1.165) is 11.3 Å². The van der Waals surface area contributed by atoms with Crippen molar-refractivity contribution < 1.29 is 4.52 Å². The van der Waals surface area contributed by atoms with Crippen LogP contribution in [0.5, 0.6) is 0 Å². The molecule has 0 aliphatic rings. The SMILES string of the molecule is c1ccc2cc3c(-c4ccon4)cccc3cc2c1. The highest BCUT2D eigenvalue weighted by Crippen LogP contribution is 2.30. The summed E-state index contributed by atoms with van der Waals surface area (Å²) in [5.74, 6) is 0. The molecular formula is C17H11NO. The molecule has 1 heterocycles. The Kier molecular flexibility index (Phi) is 2.15. The number of aromatic nitrogens is 1. The summed E-state index contributed by atoms with van der Waals surface area (Å²) in [6.07, 6.45) is 1.61. The molecule has 0 amide bonds. The maximum Gasteiger partial charge on any atom is 0.124 e. The lowest BCUT2D eigenvalue weighted by Crippen LogP contribution is -1.82. The summed E-state index contributed by atoms with van der Waals surface area (Å²) in [4.78, 5) is 0. The van der Waals surface area contributed by atoms with Crippen molar-refractivity contribution in [2.75, 3.05) is 0 Å². The molecule has 0 aliphatic heterocycles. The Labute approximate surface area is 110 Å². The molecule has 4 rings (SSSR count). The molecule has 0 fully saturated rings. The average molecular weight is 245 g/mol. The number of nitrogens with zero attached hydrogens (tertiary/aromatic N) is 1. The minimum atomic E-state index is 0.876. The first-order valence-corrected chi connectivity index (χ1v) is 6.24. The highest BCUT2D eigenvalue weighted by molar-refractivity contribution is 6.04. The van der Waals surface area contributed by atoms with Crippen molar-refractivity contribution in [2.24, 2.45) is 0 Å². The van der Waals surface area contributed by atoms with E-state index in [2.05, 4.69) is 59.8 Å². The van der Waals surface area contributed by atoms with Crippen LogP contribution in [-0.2, 0) is 0 Å². The molecule has 0 bridgehead atoms. The first-order valence-electron chi connectivity index (χ1n) is 6.24. The highest BCUT2D eigenvalue weighted by atomic mass is 16.5. The lowest BCUT2D eigenvalue weighted by atomic mass is 9.98. The van der Waals surface area contributed by atoms with Gasteiger partial charge in [0.15, 0.2) is 0 Å². The summed E-state index contributed by atoms with van der Waals surface area (Å²) < 4.78 is 4.96. The van der Waals surface area contributed by atoms with Crippen LogP contribution < -0.4 is 0 Å². The Morgan fingerprint density at radius 3 is 2.32 bits per heavy atom. The predicted molar refractivity (Wildman–Crippen MR) is 77.0 cm³/mol. The minimum Gasteiger partial charge on any atom is -0.364 e. The fraction of sp³-hybridized carbons (Fsp3) is 0. The van der Waals surface area contributed by atoms with Gasteiger partial charge in [0, 0.05) is 11.6 Å². The van der Waals surface area contributed by atoms with Gasteiger partial charge in [-0.3, -0.25) is 0 Å². The van der Waals surface area contributed by atoms with Crippen LogP contribution in [0.3, 0.4) is 0 Å². The molecule has 0 radical (unpaired) electrons. The van der Waals surface area contributed by atoms with Crippen LogP contribution in [0, 0.1) is 0 Å². The second-order valence-corrected chi connectivity index (χ2v) is 4.61. The van der Waals surface area contributed by atoms with E-state index in [0.29, 0.717) is 0 Å². The maximum atomic E-state index is 4.96. The summed E-state index contributed by atoms with van der Waals surface area (Å²) in [6.45, 7) is 0. The lowest BCUT2D eigenvalue weighted by Gasteiger charge is -2.06. The molecule has 3 aromatic carbocycles. The third kappa shape index (κ3) is 1.61. The number of rotatable bonds is 1. The van der Waals surface area contributed by atoms with Crippen molar-refractivity contribution in [3.05, 3.63) is 66.9 Å². The maximum absolute atomic E-state index is 4.96. The number of benzene rings is 3. The zero-order chi connectivity index (χ0) is 12.7. The van der Waals surface area contributed by atoms with E-state index in [1.54, 1.807) is 6.26 Å². The van der Waals surface area contributed by atoms with Gasteiger partial charge in [-0.15, -0.1) is 0 Å². The minimum absolute atomic E-state index is 0.876. The Hall–Kier alpha value is -2.61. The smallest absolute Gasteiger partial charge is 0.124 e. The van der Waals surface area contributed by atoms with Gasteiger partial charge in [0.25, 0.3) is 0 Å². The van der Waals surface area contributed by atoms with E-state index in [1.807, 2.05) is 6.07 Å². The zero-order valence-electron chi connectivity index (χ0n) is 10.2. The number of hydrogen-bond acceptors (Lipinski definition) is 2. The van der Waals surface area contributed by atoms with Crippen LogP contribution in [0.15, 0.2) is 71.4 Å². The Morgan fingerprint density at radius 1 is 0.737 bits per heavy atom. The topological polar surface area (TPSA) is 26.0 Å². The lowest BCUT2D eigenvalue weighted by molar-refractivity contribution is 0.422. The van der Waals surface area contributed by atoms with Gasteiger partial charge in [-0.05, 0) is 33.7 Å². The van der Waals surface area contributed by atoms with Gasteiger partial charge in [0.2, 0.25) is 0 Å². The normalized spacial score (nSPS) is 11.2. The van der Waals surface area contributed by atoms with E-state index in [9.17, 15) is 0 Å². The predicted octanol–water partition coefficient (Wildman–Crippen LogP) is 4.65. The van der Waals surface area contributed by atoms with E-state index in [1.165, 1.54) is 21.5 Å². The molecule has 0 N–H and O–H groups in total. The van der Waals surface area contributed by atoms with Gasteiger partial charge in [0.05, 0.1) is 0 Å². The molecule has 0 saturated carbocycles. The number of hydrogen-bond donors (Lipinski definition) is 0. The average Bonchev–Trinajstić information content (AvgIpc) is 2.98. The van der Waals surface area contributed by atoms with Gasteiger partial charge < -0.3 is 4.52 Å². The van der Waals surface area contributed by atoms with Crippen molar-refractivity contribution in [1.29, 1.82) is 0 Å². The largest absolute Gasteiger partial charge is 0.364 e. The van der Waals surface area contributed by atoms with Gasteiger partial charge in [0.1, 0.15) is 12.0 Å².